The fourth-order valence-corrected chi connectivity index (χ4v) is 3.98. The molecule has 1 saturated carbocycles. The van der Waals surface area contributed by atoms with E-state index >= 15 is 0 Å². The molecule has 0 bridgehead atoms. The molecule has 4 rings (SSSR count). The van der Waals surface area contributed by atoms with Gasteiger partial charge in [0.2, 0.25) is 11.8 Å². The van der Waals surface area contributed by atoms with E-state index < -0.39 is 0 Å². The zero-order chi connectivity index (χ0) is 19.5. The van der Waals surface area contributed by atoms with Crippen molar-refractivity contribution >= 4 is 11.8 Å². The lowest BCUT2D eigenvalue weighted by molar-refractivity contribution is -0.140. The summed E-state index contributed by atoms with van der Waals surface area (Å²) in [5.74, 6) is 1.63. The van der Waals surface area contributed by atoms with Crippen LogP contribution in [0.4, 0.5) is 0 Å². The number of benzene rings is 2. The van der Waals surface area contributed by atoms with Gasteiger partial charge in [0.05, 0.1) is 13.5 Å². The number of ether oxygens (including phenoxy) is 1. The molecule has 2 atom stereocenters. The summed E-state index contributed by atoms with van der Waals surface area (Å²) in [6.07, 6.45) is 1.33. The second kappa shape index (κ2) is 8.05. The maximum absolute atomic E-state index is 12.8. The minimum Gasteiger partial charge on any atom is -0.497 e. The van der Waals surface area contributed by atoms with E-state index in [1.54, 1.807) is 7.11 Å². The molecule has 2 aromatic rings. The Hall–Kier alpha value is -2.82. The Morgan fingerprint density at radius 3 is 2.21 bits per heavy atom. The van der Waals surface area contributed by atoms with E-state index in [-0.39, 0.29) is 17.7 Å². The van der Waals surface area contributed by atoms with Gasteiger partial charge in [0.15, 0.2) is 0 Å². The van der Waals surface area contributed by atoms with Crippen molar-refractivity contribution < 1.29 is 14.3 Å². The molecule has 1 aliphatic heterocycles. The third-order valence-electron chi connectivity index (χ3n) is 5.79. The Labute approximate surface area is 165 Å². The molecule has 1 heterocycles. The Kier molecular flexibility index (Phi) is 5.33. The first-order valence-electron chi connectivity index (χ1n) is 9.90. The zero-order valence-electron chi connectivity index (χ0n) is 16.2. The molecule has 2 amide bonds. The van der Waals surface area contributed by atoms with Crippen molar-refractivity contribution in [3.8, 4) is 5.75 Å². The van der Waals surface area contributed by atoms with Gasteiger partial charge in [0.25, 0.3) is 0 Å². The van der Waals surface area contributed by atoms with E-state index in [0.29, 0.717) is 38.5 Å². The fourth-order valence-electron chi connectivity index (χ4n) is 3.98. The molecule has 2 aliphatic rings. The van der Waals surface area contributed by atoms with Crippen LogP contribution in [0.25, 0.3) is 0 Å². The van der Waals surface area contributed by atoms with E-state index in [2.05, 4.69) is 12.1 Å². The number of piperazine rings is 1. The summed E-state index contributed by atoms with van der Waals surface area (Å²) in [6.45, 7) is 2.49. The van der Waals surface area contributed by atoms with Gasteiger partial charge < -0.3 is 14.5 Å². The van der Waals surface area contributed by atoms with Crippen LogP contribution in [-0.2, 0) is 16.0 Å². The van der Waals surface area contributed by atoms with Gasteiger partial charge in [-0.15, -0.1) is 0 Å². The zero-order valence-corrected chi connectivity index (χ0v) is 16.2. The van der Waals surface area contributed by atoms with Crippen LogP contribution >= 0.6 is 0 Å². The highest BCUT2D eigenvalue weighted by atomic mass is 16.5. The predicted octanol–water partition coefficient (Wildman–Crippen LogP) is 2.71. The third-order valence-corrected chi connectivity index (χ3v) is 5.79. The largest absolute Gasteiger partial charge is 0.497 e. The summed E-state index contributed by atoms with van der Waals surface area (Å²) < 4.78 is 5.15. The fraction of sp³-hybridized carbons (Fsp3) is 0.391. The van der Waals surface area contributed by atoms with Crippen molar-refractivity contribution in [2.45, 2.75) is 18.8 Å². The molecule has 0 aromatic heterocycles. The normalized spacial score (nSPS) is 21.3. The molecule has 2 aromatic carbocycles. The standard InChI is InChI=1S/C23H26N2O3/c1-28-19-9-7-17(8-10-19)15-22(26)24-11-13-25(14-12-24)23(27)21-16-20(21)18-5-3-2-4-6-18/h2-10,20-21H,11-16H2,1H3/t20-,21-/m1/s1. The predicted molar refractivity (Wildman–Crippen MR) is 107 cm³/mol. The van der Waals surface area contributed by atoms with Gasteiger partial charge >= 0.3 is 0 Å². The summed E-state index contributed by atoms with van der Waals surface area (Å²) in [5.41, 5.74) is 2.24. The number of hydrogen-bond donors (Lipinski definition) is 0. The highest BCUT2D eigenvalue weighted by molar-refractivity contribution is 5.84. The SMILES string of the molecule is COc1ccc(CC(=O)N2CCN(C(=O)[C@@H]3C[C@@H]3c3ccccc3)CC2)cc1. The van der Waals surface area contributed by atoms with Gasteiger partial charge in [-0.05, 0) is 35.6 Å². The first-order chi connectivity index (χ1) is 13.7. The first kappa shape index (κ1) is 18.5. The third kappa shape index (κ3) is 4.03. The number of nitrogens with zero attached hydrogens (tertiary/aromatic N) is 2. The Balaban J connectivity index is 1.26. The summed E-state index contributed by atoms with van der Waals surface area (Å²) >= 11 is 0. The van der Waals surface area contributed by atoms with Gasteiger partial charge in [-0.25, -0.2) is 0 Å². The molecular weight excluding hydrogens is 352 g/mol. The maximum Gasteiger partial charge on any atom is 0.227 e. The topological polar surface area (TPSA) is 49.9 Å². The van der Waals surface area contributed by atoms with Gasteiger partial charge in [0, 0.05) is 32.1 Å². The molecular formula is C23H26N2O3. The lowest BCUT2D eigenvalue weighted by Crippen LogP contribution is -2.51. The van der Waals surface area contributed by atoms with Crippen LogP contribution in [0.15, 0.2) is 54.6 Å². The number of hydrogen-bond acceptors (Lipinski definition) is 3. The monoisotopic (exact) mass is 378 g/mol. The molecule has 5 heteroatoms. The van der Waals surface area contributed by atoms with Crippen LogP contribution in [0.2, 0.25) is 0 Å². The smallest absolute Gasteiger partial charge is 0.227 e. The second-order valence-corrected chi connectivity index (χ2v) is 7.59. The van der Waals surface area contributed by atoms with Crippen LogP contribution in [0.1, 0.15) is 23.5 Å². The van der Waals surface area contributed by atoms with Gasteiger partial charge in [0.1, 0.15) is 5.75 Å². The van der Waals surface area contributed by atoms with Crippen LogP contribution in [0.3, 0.4) is 0 Å². The summed E-state index contributed by atoms with van der Waals surface area (Å²) in [5, 5.41) is 0. The number of methoxy groups -OCH3 is 1. The Morgan fingerprint density at radius 2 is 1.57 bits per heavy atom. The van der Waals surface area contributed by atoms with E-state index in [9.17, 15) is 9.59 Å². The van der Waals surface area contributed by atoms with E-state index in [1.165, 1.54) is 5.56 Å². The van der Waals surface area contributed by atoms with E-state index in [1.807, 2.05) is 52.3 Å². The molecule has 146 valence electrons. The van der Waals surface area contributed by atoms with E-state index in [4.69, 9.17) is 4.74 Å². The molecule has 5 nitrogen and oxygen atoms in total. The van der Waals surface area contributed by atoms with Crippen molar-refractivity contribution in [3.63, 3.8) is 0 Å². The molecule has 0 N–H and O–H groups in total. The van der Waals surface area contributed by atoms with Gasteiger partial charge in [-0.2, -0.15) is 0 Å². The minimum absolute atomic E-state index is 0.115. The van der Waals surface area contributed by atoms with Gasteiger partial charge in [-0.3, -0.25) is 9.59 Å². The quantitative estimate of drug-likeness (QED) is 0.804. The van der Waals surface area contributed by atoms with Crippen molar-refractivity contribution in [3.05, 3.63) is 65.7 Å². The first-order valence-corrected chi connectivity index (χ1v) is 9.90. The van der Waals surface area contributed by atoms with Crippen LogP contribution in [0, 0.1) is 5.92 Å². The van der Waals surface area contributed by atoms with Crippen molar-refractivity contribution in [1.29, 1.82) is 0 Å². The summed E-state index contributed by atoms with van der Waals surface area (Å²) in [6, 6.07) is 17.9. The highest BCUT2D eigenvalue weighted by Gasteiger charge is 2.46. The Morgan fingerprint density at radius 1 is 0.929 bits per heavy atom. The van der Waals surface area contributed by atoms with Crippen molar-refractivity contribution in [1.82, 2.24) is 9.80 Å². The number of carbonyl (C=O) groups excluding carboxylic acids is 2. The van der Waals surface area contributed by atoms with E-state index in [0.717, 1.165) is 17.7 Å². The van der Waals surface area contributed by atoms with Gasteiger partial charge in [-0.1, -0.05) is 42.5 Å². The average Bonchev–Trinajstić information content (AvgIpc) is 3.55. The van der Waals surface area contributed by atoms with Crippen LogP contribution in [-0.4, -0.2) is 54.9 Å². The van der Waals surface area contributed by atoms with Crippen molar-refractivity contribution in [2.75, 3.05) is 33.3 Å². The van der Waals surface area contributed by atoms with Crippen molar-refractivity contribution in [2.24, 2.45) is 5.92 Å². The number of rotatable bonds is 5. The molecule has 0 unspecified atom stereocenters. The minimum atomic E-state index is 0.115. The maximum atomic E-state index is 12.8. The summed E-state index contributed by atoms with van der Waals surface area (Å²) in [7, 11) is 1.63. The summed E-state index contributed by atoms with van der Waals surface area (Å²) in [4.78, 5) is 29.2. The molecule has 2 fully saturated rings. The second-order valence-electron chi connectivity index (χ2n) is 7.59. The molecule has 0 spiro atoms. The molecule has 1 aliphatic carbocycles. The number of amides is 2. The lowest BCUT2D eigenvalue weighted by Gasteiger charge is -2.35. The highest BCUT2D eigenvalue weighted by Crippen LogP contribution is 2.48. The van der Waals surface area contributed by atoms with Crippen LogP contribution < -0.4 is 4.74 Å². The Bertz CT molecular complexity index is 827. The molecule has 1 saturated heterocycles. The average molecular weight is 378 g/mol. The molecule has 0 radical (unpaired) electrons. The van der Waals surface area contributed by atoms with Crippen LogP contribution in [0.5, 0.6) is 5.75 Å². The number of carbonyl (C=O) groups is 2. The molecule has 28 heavy (non-hydrogen) atoms. The lowest BCUT2D eigenvalue weighted by atomic mass is 10.1.